The van der Waals surface area contributed by atoms with Crippen LogP contribution in [0.1, 0.15) is 41.6 Å². The van der Waals surface area contributed by atoms with E-state index in [1.807, 2.05) is 35.3 Å². The molecule has 1 aliphatic heterocycles. The Bertz CT molecular complexity index is 1080. The molecule has 0 bridgehead atoms. The highest BCUT2D eigenvalue weighted by molar-refractivity contribution is 8.00. The van der Waals surface area contributed by atoms with Crippen LogP contribution in [0.3, 0.4) is 0 Å². The lowest BCUT2D eigenvalue weighted by atomic mass is 9.97. The van der Waals surface area contributed by atoms with Crippen molar-refractivity contribution in [2.45, 2.75) is 57.0 Å². The monoisotopic (exact) mass is 409 g/mol. The van der Waals surface area contributed by atoms with Crippen molar-refractivity contribution in [3.05, 3.63) is 46.1 Å². The van der Waals surface area contributed by atoms with Crippen molar-refractivity contribution >= 4 is 44.9 Å². The van der Waals surface area contributed by atoms with E-state index < -0.39 is 0 Å². The van der Waals surface area contributed by atoms with E-state index in [2.05, 4.69) is 24.0 Å². The minimum Gasteiger partial charge on any atom is -0.308 e. The van der Waals surface area contributed by atoms with Gasteiger partial charge in [-0.1, -0.05) is 30.0 Å². The smallest absolute Gasteiger partial charge is 0.237 e. The number of aryl methyl sites for hydroxylation is 3. The molecule has 3 aromatic rings. The summed E-state index contributed by atoms with van der Waals surface area (Å²) in [6.45, 7) is 4.08. The maximum Gasteiger partial charge on any atom is 0.237 e. The van der Waals surface area contributed by atoms with Crippen molar-refractivity contribution in [2.75, 3.05) is 10.7 Å². The van der Waals surface area contributed by atoms with E-state index in [0.29, 0.717) is 5.75 Å². The normalized spacial score (nSPS) is 18.4. The molecular formula is C22H23N3OS2. The molecule has 6 heteroatoms. The van der Waals surface area contributed by atoms with Crippen LogP contribution in [0.2, 0.25) is 0 Å². The Hall–Kier alpha value is -1.92. The maximum absolute atomic E-state index is 13.1. The third kappa shape index (κ3) is 3.03. The highest BCUT2D eigenvalue weighted by atomic mass is 32.2. The second-order valence-electron chi connectivity index (χ2n) is 7.70. The number of anilines is 1. The molecule has 5 rings (SSSR count). The lowest BCUT2D eigenvalue weighted by Gasteiger charge is -2.22. The number of hydrogen-bond donors (Lipinski definition) is 0. The van der Waals surface area contributed by atoms with Gasteiger partial charge < -0.3 is 4.90 Å². The van der Waals surface area contributed by atoms with E-state index in [1.54, 1.807) is 11.8 Å². The van der Waals surface area contributed by atoms with Crippen molar-refractivity contribution < 1.29 is 4.79 Å². The largest absolute Gasteiger partial charge is 0.308 e. The van der Waals surface area contributed by atoms with E-state index in [9.17, 15) is 4.79 Å². The zero-order valence-electron chi connectivity index (χ0n) is 16.2. The van der Waals surface area contributed by atoms with Gasteiger partial charge in [0.1, 0.15) is 15.7 Å². The van der Waals surface area contributed by atoms with Gasteiger partial charge in [-0.2, -0.15) is 0 Å². The molecule has 1 amide bonds. The Morgan fingerprint density at radius 1 is 1.25 bits per heavy atom. The predicted octanol–water partition coefficient (Wildman–Crippen LogP) is 4.95. The summed E-state index contributed by atoms with van der Waals surface area (Å²) >= 11 is 3.40. The molecule has 28 heavy (non-hydrogen) atoms. The van der Waals surface area contributed by atoms with Crippen molar-refractivity contribution in [1.82, 2.24) is 9.97 Å². The molecule has 0 spiro atoms. The lowest BCUT2D eigenvalue weighted by molar-refractivity contribution is -0.116. The minimum absolute atomic E-state index is 0.163. The number of hydrogen-bond acceptors (Lipinski definition) is 5. The summed E-state index contributed by atoms with van der Waals surface area (Å²) in [5, 5.41) is 2.19. The Labute approximate surface area is 173 Å². The summed E-state index contributed by atoms with van der Waals surface area (Å²) in [6, 6.07) is 8.46. The molecule has 0 saturated carbocycles. The number of thioether (sulfide) groups is 1. The molecule has 2 aliphatic rings. The molecule has 0 radical (unpaired) electrons. The van der Waals surface area contributed by atoms with Crippen LogP contribution in [-0.2, 0) is 24.1 Å². The molecule has 0 saturated heterocycles. The average molecular weight is 410 g/mol. The number of nitrogens with zero attached hydrogens (tertiary/aromatic N) is 3. The molecular weight excluding hydrogens is 386 g/mol. The summed E-state index contributed by atoms with van der Waals surface area (Å²) in [5.74, 6) is 1.37. The predicted molar refractivity (Wildman–Crippen MR) is 117 cm³/mol. The van der Waals surface area contributed by atoms with Gasteiger partial charge in [-0.05, 0) is 63.1 Å². The van der Waals surface area contributed by atoms with Crippen molar-refractivity contribution in [1.29, 1.82) is 0 Å². The van der Waals surface area contributed by atoms with Crippen LogP contribution in [0.5, 0.6) is 0 Å². The van der Waals surface area contributed by atoms with Crippen molar-refractivity contribution in [3.8, 4) is 0 Å². The maximum atomic E-state index is 13.1. The first-order valence-electron chi connectivity index (χ1n) is 9.93. The molecule has 1 aromatic carbocycles. The van der Waals surface area contributed by atoms with Gasteiger partial charge in [0, 0.05) is 22.0 Å². The van der Waals surface area contributed by atoms with E-state index >= 15 is 0 Å². The number of rotatable bonds is 3. The molecule has 1 atom stereocenters. The molecule has 2 aromatic heterocycles. The van der Waals surface area contributed by atoms with Crippen LogP contribution in [0, 0.1) is 6.92 Å². The Balaban J connectivity index is 1.43. The standard InChI is InChI=1S/C22H23N3OS2/c1-13-11-15-7-3-5-9-17(15)25(13)19(26)12-27-21-20-16-8-4-6-10-18(16)28-22(20)24-14(2)23-21/h3,5,7,9,13H,4,6,8,10-12H2,1-2H3/t13-/m1/s1. The van der Waals surface area contributed by atoms with Crippen LogP contribution < -0.4 is 4.90 Å². The third-order valence-electron chi connectivity index (χ3n) is 5.70. The zero-order valence-corrected chi connectivity index (χ0v) is 17.8. The van der Waals surface area contributed by atoms with Crippen LogP contribution >= 0.6 is 23.1 Å². The first kappa shape index (κ1) is 18.1. The quantitative estimate of drug-likeness (QED) is 0.454. The van der Waals surface area contributed by atoms with Gasteiger partial charge in [0.05, 0.1) is 5.75 Å². The van der Waals surface area contributed by atoms with Gasteiger partial charge in [-0.25, -0.2) is 9.97 Å². The fourth-order valence-corrected chi connectivity index (χ4v) is 6.81. The number of benzene rings is 1. The highest BCUT2D eigenvalue weighted by Crippen LogP contribution is 2.40. The summed E-state index contributed by atoms with van der Waals surface area (Å²) in [7, 11) is 0. The fourth-order valence-electron chi connectivity index (χ4n) is 4.48. The van der Waals surface area contributed by atoms with E-state index in [0.717, 1.165) is 40.6 Å². The van der Waals surface area contributed by atoms with Crippen molar-refractivity contribution in [2.24, 2.45) is 0 Å². The fraction of sp³-hybridized carbons (Fsp3) is 0.409. The number of amides is 1. The number of fused-ring (bicyclic) bond motifs is 4. The topological polar surface area (TPSA) is 46.1 Å². The van der Waals surface area contributed by atoms with Gasteiger partial charge in [-0.15, -0.1) is 11.3 Å². The van der Waals surface area contributed by atoms with E-state index in [-0.39, 0.29) is 11.9 Å². The summed E-state index contributed by atoms with van der Waals surface area (Å²) in [6.07, 6.45) is 5.69. The van der Waals surface area contributed by atoms with Gasteiger partial charge in [-0.3, -0.25) is 4.79 Å². The van der Waals surface area contributed by atoms with E-state index in [1.165, 1.54) is 34.2 Å². The lowest BCUT2D eigenvalue weighted by Crippen LogP contribution is -2.37. The van der Waals surface area contributed by atoms with Crippen LogP contribution in [0.25, 0.3) is 10.2 Å². The number of para-hydroxylation sites is 1. The Morgan fingerprint density at radius 3 is 2.96 bits per heavy atom. The summed E-state index contributed by atoms with van der Waals surface area (Å²) < 4.78 is 0. The van der Waals surface area contributed by atoms with E-state index in [4.69, 9.17) is 4.98 Å². The van der Waals surface area contributed by atoms with Gasteiger partial charge >= 0.3 is 0 Å². The second-order valence-corrected chi connectivity index (χ2v) is 9.75. The van der Waals surface area contributed by atoms with Gasteiger partial charge in [0.15, 0.2) is 0 Å². The molecule has 4 nitrogen and oxygen atoms in total. The zero-order chi connectivity index (χ0) is 19.3. The Morgan fingerprint density at radius 2 is 2.07 bits per heavy atom. The number of carbonyl (C=O) groups excluding carboxylic acids is 1. The highest BCUT2D eigenvalue weighted by Gasteiger charge is 2.30. The molecule has 3 heterocycles. The number of carbonyl (C=O) groups is 1. The number of aromatic nitrogens is 2. The van der Waals surface area contributed by atoms with Gasteiger partial charge in [0.25, 0.3) is 0 Å². The van der Waals surface area contributed by atoms with Crippen molar-refractivity contribution in [3.63, 3.8) is 0 Å². The first-order valence-corrected chi connectivity index (χ1v) is 11.7. The minimum atomic E-state index is 0.163. The molecule has 1 aliphatic carbocycles. The Kier molecular flexibility index (Phi) is 4.63. The first-order chi connectivity index (χ1) is 13.6. The second kappa shape index (κ2) is 7.16. The average Bonchev–Trinajstić information content (AvgIpc) is 3.22. The van der Waals surface area contributed by atoms with Crippen LogP contribution in [-0.4, -0.2) is 27.7 Å². The van der Waals surface area contributed by atoms with Gasteiger partial charge in [0.2, 0.25) is 5.91 Å². The summed E-state index contributed by atoms with van der Waals surface area (Å²) in [5.41, 5.74) is 3.76. The molecule has 0 fully saturated rings. The molecule has 0 unspecified atom stereocenters. The molecule has 144 valence electrons. The SMILES string of the molecule is Cc1nc(SCC(=O)N2c3ccccc3C[C@H]2C)c2c3c(sc2n1)CCCC3. The molecule has 0 N–H and O–H groups in total. The van der Waals surface area contributed by atoms with Crippen LogP contribution in [0.15, 0.2) is 29.3 Å². The number of thiophene rings is 1. The summed E-state index contributed by atoms with van der Waals surface area (Å²) in [4.78, 5) is 27.1. The third-order valence-corrected chi connectivity index (χ3v) is 7.85. The van der Waals surface area contributed by atoms with Crippen LogP contribution in [0.4, 0.5) is 5.69 Å².